The smallest absolute Gasteiger partial charge is 0.194 e. The molecule has 0 N–H and O–H groups in total. The van der Waals surface area contributed by atoms with Crippen LogP contribution in [0, 0.1) is 0 Å². The van der Waals surface area contributed by atoms with Crippen molar-refractivity contribution in [2.75, 3.05) is 0 Å². The molecule has 3 aromatic carbocycles. The monoisotopic (exact) mass is 347 g/mol. The van der Waals surface area contributed by atoms with E-state index in [1.165, 1.54) is 41.3 Å². The van der Waals surface area contributed by atoms with Crippen LogP contribution in [-0.2, 0) is 0 Å². The van der Waals surface area contributed by atoms with Crippen molar-refractivity contribution in [3.05, 3.63) is 77.0 Å². The SMILES string of the molecule is O=C1c2ccccc2-c2cc3c4c(cnc3c3cccc1c23)C1CCC4C1. The van der Waals surface area contributed by atoms with Gasteiger partial charge in [0.15, 0.2) is 5.78 Å². The van der Waals surface area contributed by atoms with Crippen molar-refractivity contribution < 1.29 is 4.79 Å². The summed E-state index contributed by atoms with van der Waals surface area (Å²) in [5, 5.41) is 3.50. The molecule has 1 fully saturated rings. The van der Waals surface area contributed by atoms with Gasteiger partial charge in [-0.05, 0) is 59.4 Å². The van der Waals surface area contributed by atoms with Crippen LogP contribution in [0.5, 0.6) is 0 Å². The fraction of sp³-hybridized carbons (Fsp3) is 0.200. The predicted octanol–water partition coefficient (Wildman–Crippen LogP) is 5.96. The van der Waals surface area contributed by atoms with E-state index in [9.17, 15) is 4.79 Å². The minimum absolute atomic E-state index is 0.128. The van der Waals surface area contributed by atoms with Crippen molar-refractivity contribution in [1.82, 2.24) is 4.98 Å². The fourth-order valence-corrected chi connectivity index (χ4v) is 5.94. The van der Waals surface area contributed by atoms with Gasteiger partial charge in [-0.1, -0.05) is 42.5 Å². The lowest BCUT2D eigenvalue weighted by Gasteiger charge is -2.23. The third-order valence-electron chi connectivity index (χ3n) is 7.05. The molecule has 0 amide bonds. The van der Waals surface area contributed by atoms with Crippen molar-refractivity contribution in [3.8, 4) is 11.1 Å². The van der Waals surface area contributed by atoms with E-state index in [1.54, 1.807) is 0 Å². The summed E-state index contributed by atoms with van der Waals surface area (Å²) in [4.78, 5) is 18.0. The lowest BCUT2D eigenvalue weighted by atomic mass is 9.80. The molecule has 1 saturated carbocycles. The number of nitrogens with zero attached hydrogens (tertiary/aromatic N) is 1. The highest BCUT2D eigenvalue weighted by Gasteiger charge is 2.39. The Morgan fingerprint density at radius 2 is 1.63 bits per heavy atom. The highest BCUT2D eigenvalue weighted by atomic mass is 16.1. The molecule has 3 aliphatic rings. The first-order valence-corrected chi connectivity index (χ1v) is 9.83. The van der Waals surface area contributed by atoms with Gasteiger partial charge in [-0.15, -0.1) is 0 Å². The number of carbonyl (C=O) groups excluding carboxylic acids is 1. The summed E-state index contributed by atoms with van der Waals surface area (Å²) in [6.07, 6.45) is 6.03. The van der Waals surface area contributed by atoms with Gasteiger partial charge < -0.3 is 0 Å². The van der Waals surface area contributed by atoms with E-state index >= 15 is 0 Å². The van der Waals surface area contributed by atoms with Gasteiger partial charge in [0, 0.05) is 33.5 Å². The standard InChI is InChI=1S/C25H17NO/c27-25-16-5-2-1-4-15(16)19-11-20-22-14-9-8-13(10-14)21(22)12-26-24(20)17-6-3-7-18(25)23(17)19/h1-7,11-14H,8-10H2. The van der Waals surface area contributed by atoms with E-state index in [4.69, 9.17) is 4.98 Å². The molecule has 0 radical (unpaired) electrons. The van der Waals surface area contributed by atoms with Gasteiger partial charge in [-0.2, -0.15) is 0 Å². The zero-order valence-corrected chi connectivity index (χ0v) is 14.8. The molecule has 2 heteroatoms. The molecule has 128 valence electrons. The van der Waals surface area contributed by atoms with Crippen molar-refractivity contribution in [2.24, 2.45) is 0 Å². The molecular formula is C25H17NO. The summed E-state index contributed by atoms with van der Waals surface area (Å²) in [5.74, 6) is 1.52. The van der Waals surface area contributed by atoms with Crippen molar-refractivity contribution >= 4 is 27.5 Å². The molecule has 0 spiro atoms. The summed E-state index contributed by atoms with van der Waals surface area (Å²) in [7, 11) is 0. The lowest BCUT2D eigenvalue weighted by molar-refractivity contribution is 0.104. The number of fused-ring (bicyclic) bond motifs is 10. The summed E-state index contributed by atoms with van der Waals surface area (Å²) in [5.41, 5.74) is 7.96. The maximum Gasteiger partial charge on any atom is 0.194 e. The van der Waals surface area contributed by atoms with E-state index < -0.39 is 0 Å². The number of aromatic nitrogens is 1. The van der Waals surface area contributed by atoms with Gasteiger partial charge >= 0.3 is 0 Å². The van der Waals surface area contributed by atoms with Gasteiger partial charge in [0.1, 0.15) is 0 Å². The first-order valence-electron chi connectivity index (χ1n) is 9.83. The second kappa shape index (κ2) is 4.64. The van der Waals surface area contributed by atoms with Gasteiger partial charge in [0.25, 0.3) is 0 Å². The van der Waals surface area contributed by atoms with Crippen LogP contribution in [0.25, 0.3) is 32.8 Å². The summed E-state index contributed by atoms with van der Waals surface area (Å²) in [6.45, 7) is 0. The summed E-state index contributed by atoms with van der Waals surface area (Å²) in [6, 6.07) is 16.5. The van der Waals surface area contributed by atoms with E-state index in [0.29, 0.717) is 11.8 Å². The van der Waals surface area contributed by atoms with Crippen molar-refractivity contribution in [2.45, 2.75) is 31.1 Å². The maximum absolute atomic E-state index is 13.1. The summed E-state index contributed by atoms with van der Waals surface area (Å²) < 4.78 is 0. The largest absolute Gasteiger partial charge is 0.289 e. The first kappa shape index (κ1) is 14.1. The van der Waals surface area contributed by atoms with E-state index in [2.05, 4.69) is 24.4 Å². The van der Waals surface area contributed by atoms with Gasteiger partial charge in [-0.25, -0.2) is 0 Å². The Balaban J connectivity index is 1.72. The average molecular weight is 347 g/mol. The number of carbonyl (C=O) groups is 1. The first-order chi connectivity index (χ1) is 13.3. The minimum atomic E-state index is 0.128. The average Bonchev–Trinajstić information content (AvgIpc) is 3.34. The normalized spacial score (nSPS) is 21.7. The number of benzene rings is 3. The molecule has 2 nitrogen and oxygen atoms in total. The van der Waals surface area contributed by atoms with E-state index in [0.717, 1.165) is 33.0 Å². The van der Waals surface area contributed by atoms with E-state index in [1.807, 2.05) is 30.3 Å². The number of pyridine rings is 1. The summed E-state index contributed by atoms with van der Waals surface area (Å²) >= 11 is 0. The topological polar surface area (TPSA) is 30.0 Å². The molecule has 2 bridgehead atoms. The molecule has 0 saturated heterocycles. The fourth-order valence-electron chi connectivity index (χ4n) is 5.94. The van der Waals surface area contributed by atoms with Crippen LogP contribution in [0.15, 0.2) is 54.7 Å². The zero-order chi connectivity index (χ0) is 17.7. The van der Waals surface area contributed by atoms with Gasteiger partial charge in [-0.3, -0.25) is 9.78 Å². The molecule has 0 aliphatic heterocycles. The highest BCUT2D eigenvalue weighted by molar-refractivity contribution is 6.29. The maximum atomic E-state index is 13.1. The van der Waals surface area contributed by atoms with E-state index in [-0.39, 0.29) is 5.78 Å². The Morgan fingerprint density at radius 3 is 2.56 bits per heavy atom. The van der Waals surface area contributed by atoms with Crippen LogP contribution in [0.3, 0.4) is 0 Å². The lowest BCUT2D eigenvalue weighted by Crippen LogP contribution is -2.10. The van der Waals surface area contributed by atoms with Gasteiger partial charge in [0.2, 0.25) is 0 Å². The van der Waals surface area contributed by atoms with Crippen LogP contribution in [0.4, 0.5) is 0 Å². The van der Waals surface area contributed by atoms with Crippen LogP contribution in [0.1, 0.15) is 58.1 Å². The number of hydrogen-bond donors (Lipinski definition) is 0. The second-order valence-corrected chi connectivity index (χ2v) is 8.26. The van der Waals surface area contributed by atoms with Crippen molar-refractivity contribution in [1.29, 1.82) is 0 Å². The molecule has 7 rings (SSSR count). The Bertz CT molecular complexity index is 1330. The Morgan fingerprint density at radius 1 is 0.815 bits per heavy atom. The quantitative estimate of drug-likeness (QED) is 0.323. The van der Waals surface area contributed by atoms with Crippen LogP contribution in [0.2, 0.25) is 0 Å². The third kappa shape index (κ3) is 1.58. The Hall–Kier alpha value is -3.00. The molecule has 3 aliphatic carbocycles. The molecule has 2 atom stereocenters. The number of hydrogen-bond acceptors (Lipinski definition) is 2. The highest BCUT2D eigenvalue weighted by Crippen LogP contribution is 2.55. The molecule has 4 aromatic rings. The van der Waals surface area contributed by atoms with Crippen LogP contribution >= 0.6 is 0 Å². The van der Waals surface area contributed by atoms with Crippen molar-refractivity contribution in [3.63, 3.8) is 0 Å². The Kier molecular flexibility index (Phi) is 2.42. The number of ketones is 1. The predicted molar refractivity (Wildman–Crippen MR) is 107 cm³/mol. The minimum Gasteiger partial charge on any atom is -0.289 e. The van der Waals surface area contributed by atoms with Gasteiger partial charge in [0.05, 0.1) is 5.52 Å². The molecule has 1 aromatic heterocycles. The van der Waals surface area contributed by atoms with Crippen LogP contribution < -0.4 is 0 Å². The Labute approximate surface area is 156 Å². The molecule has 2 unspecified atom stereocenters. The molecule has 27 heavy (non-hydrogen) atoms. The third-order valence-corrected chi connectivity index (χ3v) is 7.05. The second-order valence-electron chi connectivity index (χ2n) is 8.26. The number of rotatable bonds is 0. The van der Waals surface area contributed by atoms with Crippen LogP contribution in [-0.4, -0.2) is 10.8 Å². The molecule has 1 heterocycles. The zero-order valence-electron chi connectivity index (χ0n) is 14.8. The molecular weight excluding hydrogens is 330 g/mol.